The molecule has 8 heteroatoms. The van der Waals surface area contributed by atoms with Gasteiger partial charge in [-0.1, -0.05) is 0 Å². The fourth-order valence-corrected chi connectivity index (χ4v) is 4.42. The van der Waals surface area contributed by atoms with Crippen molar-refractivity contribution in [2.45, 2.75) is 24.3 Å². The van der Waals surface area contributed by atoms with Crippen molar-refractivity contribution in [3.63, 3.8) is 0 Å². The van der Waals surface area contributed by atoms with Crippen molar-refractivity contribution in [3.05, 3.63) is 16.6 Å². The Morgan fingerprint density at radius 1 is 1.52 bits per heavy atom. The molecule has 1 aliphatic heterocycles. The van der Waals surface area contributed by atoms with Crippen LogP contribution in [0.1, 0.15) is 13.3 Å². The fourth-order valence-electron chi connectivity index (χ4n) is 2.42. The van der Waals surface area contributed by atoms with Crippen LogP contribution in [0, 0.1) is 5.92 Å². The summed E-state index contributed by atoms with van der Waals surface area (Å²) in [6, 6.07) is 2.94. The molecule has 0 bridgehead atoms. The van der Waals surface area contributed by atoms with Crippen molar-refractivity contribution < 1.29 is 18.3 Å². The average molecular weight is 379 g/mol. The number of sulfonamides is 1. The van der Waals surface area contributed by atoms with Crippen molar-refractivity contribution in [1.82, 2.24) is 4.31 Å². The Morgan fingerprint density at radius 3 is 2.71 bits per heavy atom. The summed E-state index contributed by atoms with van der Waals surface area (Å²) in [7, 11) is -2.27. The third kappa shape index (κ3) is 3.18. The minimum atomic E-state index is -3.69. The van der Waals surface area contributed by atoms with E-state index in [0.29, 0.717) is 29.7 Å². The molecule has 2 unspecified atom stereocenters. The number of hydrogen-bond acceptors (Lipinski definition) is 5. The van der Waals surface area contributed by atoms with E-state index in [4.69, 9.17) is 10.5 Å². The van der Waals surface area contributed by atoms with Gasteiger partial charge in [0.1, 0.15) is 10.6 Å². The van der Waals surface area contributed by atoms with Crippen molar-refractivity contribution in [1.29, 1.82) is 0 Å². The summed E-state index contributed by atoms with van der Waals surface area (Å²) in [4.78, 5) is 0.0527. The number of nitrogens with zero attached hydrogens (tertiary/aromatic N) is 1. The van der Waals surface area contributed by atoms with Crippen LogP contribution in [0.25, 0.3) is 0 Å². The molecule has 118 valence electrons. The Kier molecular flexibility index (Phi) is 4.82. The van der Waals surface area contributed by atoms with E-state index in [1.807, 2.05) is 0 Å². The Morgan fingerprint density at radius 2 is 2.19 bits per heavy atom. The second kappa shape index (κ2) is 6.12. The van der Waals surface area contributed by atoms with Crippen LogP contribution in [0.5, 0.6) is 5.75 Å². The van der Waals surface area contributed by atoms with Crippen LogP contribution < -0.4 is 10.5 Å². The normalized spacial score (nSPS) is 21.4. The van der Waals surface area contributed by atoms with E-state index in [1.54, 1.807) is 13.0 Å². The highest BCUT2D eigenvalue weighted by Gasteiger charge is 2.36. The number of anilines is 1. The molecule has 0 aromatic heterocycles. The maximum absolute atomic E-state index is 12.7. The van der Waals surface area contributed by atoms with Gasteiger partial charge in [-0.3, -0.25) is 0 Å². The summed E-state index contributed by atoms with van der Waals surface area (Å²) in [5, 5.41) is 9.62. The highest BCUT2D eigenvalue weighted by Crippen LogP contribution is 2.35. The quantitative estimate of drug-likeness (QED) is 0.773. The summed E-state index contributed by atoms with van der Waals surface area (Å²) >= 11 is 3.25. The summed E-state index contributed by atoms with van der Waals surface area (Å²) < 4.78 is 32.6. The molecule has 0 aliphatic carbocycles. The molecule has 1 aliphatic rings. The lowest BCUT2D eigenvalue weighted by Crippen LogP contribution is -2.30. The maximum Gasteiger partial charge on any atom is 0.246 e. The molecule has 21 heavy (non-hydrogen) atoms. The Labute approximate surface area is 133 Å². The molecule has 0 saturated carbocycles. The second-order valence-corrected chi connectivity index (χ2v) is 7.94. The van der Waals surface area contributed by atoms with Gasteiger partial charge in [0.05, 0.1) is 13.2 Å². The zero-order chi connectivity index (χ0) is 15.8. The van der Waals surface area contributed by atoms with E-state index in [0.717, 1.165) is 0 Å². The molecular weight excluding hydrogens is 360 g/mol. The fraction of sp³-hybridized carbons (Fsp3) is 0.538. The van der Waals surface area contributed by atoms with E-state index in [2.05, 4.69) is 15.9 Å². The monoisotopic (exact) mass is 378 g/mol. The summed E-state index contributed by atoms with van der Waals surface area (Å²) in [6.45, 7) is 2.37. The molecule has 0 amide bonds. The first kappa shape index (κ1) is 16.5. The first-order valence-electron chi connectivity index (χ1n) is 6.58. The molecule has 1 aromatic rings. The first-order valence-corrected chi connectivity index (χ1v) is 8.82. The molecule has 2 rings (SSSR count). The molecule has 0 radical (unpaired) electrons. The highest BCUT2D eigenvalue weighted by atomic mass is 79.9. The van der Waals surface area contributed by atoms with Crippen LogP contribution in [-0.4, -0.2) is 44.1 Å². The Hall–Kier alpha value is -0.830. The number of rotatable bonds is 4. The van der Waals surface area contributed by atoms with E-state index < -0.39 is 16.1 Å². The molecule has 6 nitrogen and oxygen atoms in total. The van der Waals surface area contributed by atoms with Crippen LogP contribution >= 0.6 is 15.9 Å². The number of ether oxygens (including phenoxy) is 1. The van der Waals surface area contributed by atoms with Crippen molar-refractivity contribution >= 4 is 31.6 Å². The number of nitrogen functional groups attached to an aromatic ring is 1. The van der Waals surface area contributed by atoms with Gasteiger partial charge in [0.15, 0.2) is 0 Å². The number of nitrogens with two attached hydrogens (primary N) is 1. The lowest BCUT2D eigenvalue weighted by molar-refractivity contribution is 0.133. The van der Waals surface area contributed by atoms with Gasteiger partial charge < -0.3 is 15.6 Å². The SMILES string of the molecule is COc1cc(Br)c(N)cc1S(=O)(=O)N1CCC(C(C)O)C1. The zero-order valence-corrected chi connectivity index (χ0v) is 14.3. The van der Waals surface area contributed by atoms with E-state index in [9.17, 15) is 13.5 Å². The molecule has 0 spiro atoms. The number of benzene rings is 1. The minimum Gasteiger partial charge on any atom is -0.495 e. The predicted molar refractivity (Wildman–Crippen MR) is 83.7 cm³/mol. The molecule has 1 fully saturated rings. The molecule has 1 heterocycles. The molecular formula is C13H19BrN2O4S. The third-order valence-electron chi connectivity index (χ3n) is 3.77. The zero-order valence-electron chi connectivity index (χ0n) is 11.9. The van der Waals surface area contributed by atoms with Gasteiger partial charge in [-0.2, -0.15) is 4.31 Å². The third-order valence-corrected chi connectivity index (χ3v) is 6.34. The topological polar surface area (TPSA) is 92.9 Å². The van der Waals surface area contributed by atoms with Gasteiger partial charge in [0.2, 0.25) is 10.0 Å². The molecule has 1 saturated heterocycles. The van der Waals surface area contributed by atoms with E-state index in [-0.39, 0.29) is 16.6 Å². The number of aliphatic hydroxyl groups excluding tert-OH is 1. The summed E-state index contributed by atoms with van der Waals surface area (Å²) in [5.74, 6) is 0.204. The Bertz CT molecular complexity index is 633. The second-order valence-electron chi connectivity index (χ2n) is 5.18. The minimum absolute atomic E-state index is 0.0430. The van der Waals surface area contributed by atoms with Gasteiger partial charge in [0, 0.05) is 23.2 Å². The van der Waals surface area contributed by atoms with Gasteiger partial charge in [-0.05, 0) is 47.3 Å². The van der Waals surface area contributed by atoms with Crippen molar-refractivity contribution in [2.24, 2.45) is 5.92 Å². The van der Waals surface area contributed by atoms with Gasteiger partial charge >= 0.3 is 0 Å². The molecule has 3 N–H and O–H groups in total. The van der Waals surface area contributed by atoms with Crippen LogP contribution in [0.15, 0.2) is 21.5 Å². The standard InChI is InChI=1S/C13H19BrN2O4S/c1-8(17)9-3-4-16(7-9)21(18,19)13-6-11(15)10(14)5-12(13)20-2/h5-6,8-9,17H,3-4,7,15H2,1-2H3. The lowest BCUT2D eigenvalue weighted by Gasteiger charge is -2.19. The van der Waals surface area contributed by atoms with Crippen molar-refractivity contribution in [3.8, 4) is 5.75 Å². The van der Waals surface area contributed by atoms with Crippen LogP contribution in [0.3, 0.4) is 0 Å². The first-order chi connectivity index (χ1) is 9.77. The number of halogens is 1. The maximum atomic E-state index is 12.7. The van der Waals surface area contributed by atoms with Crippen LogP contribution in [-0.2, 0) is 10.0 Å². The van der Waals surface area contributed by atoms with Crippen molar-refractivity contribution in [2.75, 3.05) is 25.9 Å². The number of aliphatic hydroxyl groups is 1. The van der Waals surface area contributed by atoms with E-state index in [1.165, 1.54) is 17.5 Å². The van der Waals surface area contributed by atoms with Gasteiger partial charge in [-0.15, -0.1) is 0 Å². The van der Waals surface area contributed by atoms with Gasteiger partial charge in [0.25, 0.3) is 0 Å². The molecule has 1 aromatic carbocycles. The summed E-state index contributed by atoms with van der Waals surface area (Å²) in [6.07, 6.45) is 0.118. The number of methoxy groups -OCH3 is 1. The Balaban J connectivity index is 2.39. The van der Waals surface area contributed by atoms with Crippen LogP contribution in [0.2, 0.25) is 0 Å². The van der Waals surface area contributed by atoms with Crippen LogP contribution in [0.4, 0.5) is 5.69 Å². The molecule has 2 atom stereocenters. The average Bonchev–Trinajstić information content (AvgIpc) is 2.91. The van der Waals surface area contributed by atoms with E-state index >= 15 is 0 Å². The predicted octanol–water partition coefficient (Wildman–Crippen LogP) is 1.43. The largest absolute Gasteiger partial charge is 0.495 e. The van der Waals surface area contributed by atoms with Gasteiger partial charge in [-0.25, -0.2) is 8.42 Å². The summed E-state index contributed by atoms with van der Waals surface area (Å²) in [5.41, 5.74) is 6.12. The lowest BCUT2D eigenvalue weighted by atomic mass is 10.0. The smallest absolute Gasteiger partial charge is 0.246 e. The highest BCUT2D eigenvalue weighted by molar-refractivity contribution is 9.10. The number of hydrogen-bond donors (Lipinski definition) is 2.